The van der Waals surface area contributed by atoms with Gasteiger partial charge in [0, 0.05) is 0 Å². The molecule has 6 aromatic heterocycles. The van der Waals surface area contributed by atoms with Gasteiger partial charge < -0.3 is 70.4 Å². The number of hydrogen-bond donors (Lipinski definition) is 9. The Hall–Kier alpha value is -6.92. The number of ether oxygens (including phenoxy) is 8. The highest BCUT2D eigenvalue weighted by Gasteiger charge is 2.57. The number of carbonyl (C=O) groups excluding carboxylic acids is 3. The molecule has 6 aliphatic rings. The summed E-state index contributed by atoms with van der Waals surface area (Å²) < 4.78 is 132. The lowest BCUT2D eigenvalue weighted by molar-refractivity contribution is -0.145. The molecule has 6 aliphatic heterocycles. The number of aromatic nitrogens is 12. The van der Waals surface area contributed by atoms with Crippen LogP contribution in [0, 0.1) is 6.08 Å². The number of aliphatic hydroxyl groups is 3. The van der Waals surface area contributed by atoms with Gasteiger partial charge in [0.2, 0.25) is 23.7 Å². The van der Waals surface area contributed by atoms with E-state index in [0.717, 1.165) is 0 Å². The van der Waals surface area contributed by atoms with Crippen molar-refractivity contribution in [3.8, 4) is 11.8 Å². The van der Waals surface area contributed by atoms with Crippen molar-refractivity contribution in [2.75, 3.05) is 71.1 Å². The van der Waals surface area contributed by atoms with Crippen LogP contribution in [0.3, 0.4) is 0 Å². The first kappa shape index (κ1) is 68.0. The lowest BCUT2D eigenvalue weighted by Gasteiger charge is -2.32. The Morgan fingerprint density at radius 3 is 1.18 bits per heavy atom. The van der Waals surface area contributed by atoms with Crippen LogP contribution in [-0.2, 0) is 83.6 Å². The third kappa shape index (κ3) is 13.8. The van der Waals surface area contributed by atoms with Crippen molar-refractivity contribution >= 4 is 92.4 Å². The number of nitrogen functional groups attached to an aromatic ring is 3. The van der Waals surface area contributed by atoms with Crippen LogP contribution >= 0.6 is 23.2 Å². The van der Waals surface area contributed by atoms with E-state index in [2.05, 4.69) is 60.1 Å². The molecule has 6 aromatic rings. The molecule has 0 amide bonds. The fourth-order valence-electron chi connectivity index (χ4n) is 10.2. The van der Waals surface area contributed by atoms with E-state index >= 15 is 0 Å². The second kappa shape index (κ2) is 27.6. The molecule has 0 aromatic carbocycles. The molecule has 0 bridgehead atoms. The largest absolute Gasteiger partial charge is 0.479 e. The number of esters is 3. The molecule has 0 aliphatic carbocycles. The Morgan fingerprint density at radius 2 is 0.870 bits per heavy atom. The maximum absolute atomic E-state index is 13.6. The van der Waals surface area contributed by atoms with Gasteiger partial charge >= 0.3 is 47.2 Å². The number of fused-ring (bicyclic) bond motifs is 6. The number of nitrogens with one attached hydrogen (secondary N) is 3. The molecule has 0 radical (unpaired) electrons. The number of imidazole rings is 3. The lowest BCUT2D eigenvalue weighted by atomic mass is 10.1. The monoisotopic (exact) mass is 1360 g/mol. The van der Waals surface area contributed by atoms with Gasteiger partial charge in [0.05, 0.1) is 72.8 Å². The summed E-state index contributed by atoms with van der Waals surface area (Å²) in [5.74, 6) is -1.75. The van der Waals surface area contributed by atoms with Crippen LogP contribution in [-0.4, -0.2) is 219 Å². The average molecular weight is 1360 g/mol. The van der Waals surface area contributed by atoms with Crippen LogP contribution in [0.4, 0.5) is 22.1 Å². The van der Waals surface area contributed by atoms with Gasteiger partial charge in [-0.2, -0.15) is 34.3 Å². The quantitative estimate of drug-likeness (QED) is 0.0237. The van der Waals surface area contributed by atoms with E-state index in [-0.39, 0.29) is 91.6 Å². The molecule has 45 heteroatoms. The topological polar surface area (TPSA) is 537 Å². The Labute approximate surface area is 518 Å². The van der Waals surface area contributed by atoms with Gasteiger partial charge in [0.1, 0.15) is 73.1 Å². The third-order valence-electron chi connectivity index (χ3n) is 14.4. The number of hydrogen-bond acceptors (Lipinski definition) is 35. The maximum atomic E-state index is 13.6. The van der Waals surface area contributed by atoms with Crippen LogP contribution in [0.15, 0.2) is 19.0 Å². The van der Waals surface area contributed by atoms with E-state index in [1.54, 1.807) is 20.8 Å². The van der Waals surface area contributed by atoms with Gasteiger partial charge in [-0.15, -0.1) is 0 Å². The number of rotatable bonds is 17. The highest BCUT2D eigenvalue weighted by atomic mass is 31.2. The molecule has 12 rings (SSSR count). The zero-order valence-corrected chi connectivity index (χ0v) is 52.6. The number of nitrogens with two attached hydrogens (primary N) is 3. The fourth-order valence-corrected chi connectivity index (χ4v) is 15.3. The van der Waals surface area contributed by atoms with Crippen molar-refractivity contribution in [1.82, 2.24) is 73.8 Å². The minimum absolute atomic E-state index is 0.0147. The number of aliphatic hydroxyl groups excluding tert-OH is 3. The van der Waals surface area contributed by atoms with Crippen LogP contribution in [0.1, 0.15) is 60.2 Å². The summed E-state index contributed by atoms with van der Waals surface area (Å²) in [7, 11) is -8.92. The molecular formula is C47H66FN18O23P3. The van der Waals surface area contributed by atoms with Crippen molar-refractivity contribution in [2.45, 2.75) is 133 Å². The van der Waals surface area contributed by atoms with E-state index < -0.39 is 139 Å². The highest BCUT2D eigenvalue weighted by Crippen LogP contribution is 2.56. The number of carbonyl (C=O) groups is 3. The van der Waals surface area contributed by atoms with Crippen LogP contribution < -0.4 is 41.9 Å². The van der Waals surface area contributed by atoms with E-state index in [1.165, 1.54) is 67.7 Å². The molecule has 12 N–H and O–H groups in total. The minimum Gasteiger partial charge on any atom is -0.479 e. The van der Waals surface area contributed by atoms with E-state index in [1.807, 2.05) is 0 Å². The SMILES string of the molecule is CCOC(=O)[C@H](C)NP1(=O)OC[C@H]2O[C@@H](n3cnc4c(N)nc(F)nc43)[C@@H](O)[C@@H]2O1.CCOC(=O)[C@H](C)NP1(=O)OC[C@H]2O[C@@H](n3cnc4c(OC)nc(N)nc43)[C@@H](O)[C@@H]2O1.CCOC(=O)[C@H](C)NP1(=O)OC[C@H]2O[C@@H](n3cnc4c(OC)nc(N)nc43)[C@@H](O)[C@@H]2O1. The maximum Gasteiger partial charge on any atom is 0.406 e. The first-order chi connectivity index (χ1) is 43.7. The van der Waals surface area contributed by atoms with Crippen molar-refractivity contribution in [2.24, 2.45) is 0 Å². The minimum atomic E-state index is -3.94. The summed E-state index contributed by atoms with van der Waals surface area (Å²) in [5, 5.41) is 40.0. The number of anilines is 3. The molecule has 12 heterocycles. The first-order valence-electron chi connectivity index (χ1n) is 28.1. The molecule has 18 atom stereocenters. The van der Waals surface area contributed by atoms with E-state index in [9.17, 15) is 47.8 Å². The Bertz CT molecular complexity index is 3690. The molecule has 6 saturated heterocycles. The van der Waals surface area contributed by atoms with Gasteiger partial charge in [0.15, 0.2) is 58.0 Å². The van der Waals surface area contributed by atoms with Gasteiger partial charge in [-0.3, -0.25) is 55.2 Å². The summed E-state index contributed by atoms with van der Waals surface area (Å²) in [6.07, 6.45) is -9.14. The average Bonchev–Trinajstić information content (AvgIpc) is 1.63. The van der Waals surface area contributed by atoms with Crippen LogP contribution in [0.2, 0.25) is 0 Å². The summed E-state index contributed by atoms with van der Waals surface area (Å²) in [6.45, 7) is 9.39. The molecular weight excluding hydrogens is 1300 g/mol. The molecule has 41 nitrogen and oxygen atoms in total. The Kier molecular flexibility index (Phi) is 20.4. The van der Waals surface area contributed by atoms with Crippen LogP contribution in [0.25, 0.3) is 33.5 Å². The molecule has 0 spiro atoms. The zero-order valence-electron chi connectivity index (χ0n) is 50.0. The summed E-state index contributed by atoms with van der Waals surface area (Å²) in [5.41, 5.74) is 18.5. The van der Waals surface area contributed by atoms with Gasteiger partial charge in [-0.1, -0.05) is 0 Å². The molecule has 0 saturated carbocycles. The number of halogens is 1. The molecule has 3 unspecified atom stereocenters. The fraction of sp³-hybridized carbons (Fsp3) is 0.617. The Balaban J connectivity index is 0.000000151. The second-order valence-electron chi connectivity index (χ2n) is 20.6. The lowest BCUT2D eigenvalue weighted by Crippen LogP contribution is -2.44. The van der Waals surface area contributed by atoms with Crippen molar-refractivity contribution in [3.63, 3.8) is 0 Å². The van der Waals surface area contributed by atoms with Crippen molar-refractivity contribution < 1.29 is 113 Å². The smallest absolute Gasteiger partial charge is 0.406 e. The normalized spacial score (nSPS) is 31.6. The predicted molar refractivity (Wildman–Crippen MR) is 305 cm³/mol. The Morgan fingerprint density at radius 1 is 0.554 bits per heavy atom. The molecule has 504 valence electrons. The van der Waals surface area contributed by atoms with Gasteiger partial charge in [-0.05, 0) is 41.5 Å². The number of nitrogens with zero attached hydrogens (tertiary/aromatic N) is 12. The highest BCUT2D eigenvalue weighted by molar-refractivity contribution is 7.52. The summed E-state index contributed by atoms with van der Waals surface area (Å²) >= 11 is 0. The standard InChI is InChI=1S/2C16H23N6O8P.C15H20FN6O7P/c2*1-4-27-15(24)7(2)21-31(25)28-5-8-11(30-31)10(23)14(29-8)22-6-18-9-12(22)19-16(17)20-13(9)26-3;1-3-26-14(24)6(2)21-30(25)27-4-7-10(29-30)9(23)13(28-7)22-5-18-8-11(17)19-15(16)20-12(8)22/h2*6-8,10-11,14,23H,4-5H2,1-3H3,(H,21,25)(H2,17,19,20);5-7,9-10,13,23H,3-4H2,1-2H3,(H,21,25)(H2,17,19,20)/t2*7-,8+,10-,11+,14+,31?;6-,7+,9-,10+,13+,30?/m000/s1. The number of methoxy groups -OCH3 is 2. The summed E-state index contributed by atoms with van der Waals surface area (Å²) in [6, 6.07) is -2.85. The van der Waals surface area contributed by atoms with E-state index in [0.29, 0.717) is 11.0 Å². The summed E-state index contributed by atoms with van der Waals surface area (Å²) in [4.78, 5) is 71.2. The first-order valence-corrected chi connectivity index (χ1v) is 32.7. The molecule has 6 fully saturated rings. The van der Waals surface area contributed by atoms with Crippen molar-refractivity contribution in [3.05, 3.63) is 25.1 Å². The van der Waals surface area contributed by atoms with Gasteiger partial charge in [-0.25, -0.2) is 43.9 Å². The van der Waals surface area contributed by atoms with Crippen molar-refractivity contribution in [1.29, 1.82) is 0 Å². The van der Waals surface area contributed by atoms with Gasteiger partial charge in [0.25, 0.3) is 0 Å². The molecule has 92 heavy (non-hydrogen) atoms. The predicted octanol–water partition coefficient (Wildman–Crippen LogP) is -0.649. The third-order valence-corrected chi connectivity index (χ3v) is 19.5. The zero-order chi connectivity index (χ0) is 66.3. The van der Waals surface area contributed by atoms with E-state index in [4.69, 9.17) is 82.2 Å². The van der Waals surface area contributed by atoms with Crippen LogP contribution in [0.5, 0.6) is 11.8 Å². The second-order valence-corrected chi connectivity index (χ2v) is 25.8.